The number of benzene rings is 2. The fourth-order valence-electron chi connectivity index (χ4n) is 4.41. The Morgan fingerprint density at radius 3 is 2.61 bits per heavy atom. The fourth-order valence-corrected chi connectivity index (χ4v) is 4.78. The molecule has 0 aliphatic heterocycles. The molecule has 0 atom stereocenters. The smallest absolute Gasteiger partial charge is 0.335 e. The normalized spacial score (nSPS) is 13.0. The second kappa shape index (κ2) is 8.83. The lowest BCUT2D eigenvalue weighted by Gasteiger charge is -2.08. The molecule has 0 amide bonds. The summed E-state index contributed by atoms with van der Waals surface area (Å²) in [5, 5.41) is 10.4. The van der Waals surface area contributed by atoms with Gasteiger partial charge in [0, 0.05) is 33.2 Å². The van der Waals surface area contributed by atoms with E-state index in [9.17, 15) is 9.90 Å². The van der Waals surface area contributed by atoms with E-state index in [1.54, 1.807) is 12.2 Å². The van der Waals surface area contributed by atoms with E-state index < -0.39 is 5.97 Å². The number of carboxylic acid groups (broad SMARTS) is 1. The lowest BCUT2D eigenvalue weighted by molar-refractivity contribution is -0.132. The summed E-state index contributed by atoms with van der Waals surface area (Å²) in [7, 11) is 0. The second-order valence-corrected chi connectivity index (χ2v) is 9.15. The third kappa shape index (κ3) is 4.16. The van der Waals surface area contributed by atoms with Crippen LogP contribution in [-0.4, -0.2) is 21.0 Å². The molecule has 4 nitrogen and oxygen atoms in total. The standard InChI is InChI=1S/C28H23BrN2O2/c1-2-3-23-22-12-8-19(28(32)33)9-14-26(22)31-27(23)18-6-4-17(5-7-18)24-13-10-20-16-21(29)11-15-25(20)30-24/h4-13,15-16,31H,2-3,14H2,1H3,(H,32,33). The van der Waals surface area contributed by atoms with E-state index in [0.717, 1.165) is 62.0 Å². The van der Waals surface area contributed by atoms with Gasteiger partial charge >= 0.3 is 5.97 Å². The minimum absolute atomic E-state index is 0.336. The SMILES string of the molecule is CCCc1c(-c2ccc(-c3ccc4cc(Br)ccc4n3)cc2)[nH]c2c1C=CC(C(=O)O)=CC2. The van der Waals surface area contributed by atoms with E-state index in [2.05, 4.69) is 70.3 Å². The van der Waals surface area contributed by atoms with Crippen molar-refractivity contribution in [3.05, 3.63) is 93.6 Å². The summed E-state index contributed by atoms with van der Waals surface area (Å²) < 4.78 is 1.05. The molecule has 164 valence electrons. The van der Waals surface area contributed by atoms with E-state index in [-0.39, 0.29) is 0 Å². The Labute approximate surface area is 200 Å². The van der Waals surface area contributed by atoms with Crippen LogP contribution in [-0.2, 0) is 17.6 Å². The number of carboxylic acids is 1. The quantitative estimate of drug-likeness (QED) is 0.305. The maximum atomic E-state index is 11.4. The highest BCUT2D eigenvalue weighted by Gasteiger charge is 2.18. The molecule has 0 spiro atoms. The molecule has 5 heteroatoms. The third-order valence-electron chi connectivity index (χ3n) is 6.05. The maximum Gasteiger partial charge on any atom is 0.335 e. The monoisotopic (exact) mass is 498 g/mol. The highest BCUT2D eigenvalue weighted by atomic mass is 79.9. The Hall–Kier alpha value is -3.44. The van der Waals surface area contributed by atoms with Gasteiger partial charge in [-0.3, -0.25) is 0 Å². The highest BCUT2D eigenvalue weighted by molar-refractivity contribution is 9.10. The van der Waals surface area contributed by atoms with Gasteiger partial charge in [0.15, 0.2) is 0 Å². The number of nitrogens with zero attached hydrogens (tertiary/aromatic N) is 1. The van der Waals surface area contributed by atoms with Gasteiger partial charge in [-0.2, -0.15) is 0 Å². The first-order chi connectivity index (χ1) is 16.0. The van der Waals surface area contributed by atoms with Crippen molar-refractivity contribution < 1.29 is 9.90 Å². The molecular formula is C28H23BrN2O2. The topological polar surface area (TPSA) is 66.0 Å². The number of hydrogen-bond donors (Lipinski definition) is 2. The first kappa shape index (κ1) is 21.4. The van der Waals surface area contributed by atoms with Crippen LogP contribution < -0.4 is 0 Å². The number of aromatic nitrogens is 2. The molecule has 0 saturated heterocycles. The summed E-state index contributed by atoms with van der Waals surface area (Å²) in [5.41, 5.74) is 8.98. The first-order valence-electron chi connectivity index (χ1n) is 11.1. The van der Waals surface area contributed by atoms with Crippen LogP contribution in [0.3, 0.4) is 0 Å². The van der Waals surface area contributed by atoms with Gasteiger partial charge < -0.3 is 10.1 Å². The summed E-state index contributed by atoms with van der Waals surface area (Å²) in [4.78, 5) is 19.8. The van der Waals surface area contributed by atoms with E-state index >= 15 is 0 Å². The summed E-state index contributed by atoms with van der Waals surface area (Å²) >= 11 is 3.51. The zero-order valence-corrected chi connectivity index (χ0v) is 19.8. The van der Waals surface area contributed by atoms with Crippen LogP contribution in [0.5, 0.6) is 0 Å². The fraction of sp³-hybridized carbons (Fsp3) is 0.143. The van der Waals surface area contributed by atoms with Crippen molar-refractivity contribution in [1.29, 1.82) is 0 Å². The lowest BCUT2D eigenvalue weighted by Crippen LogP contribution is -1.97. The molecule has 2 heterocycles. The van der Waals surface area contributed by atoms with Crippen molar-refractivity contribution in [3.8, 4) is 22.5 Å². The number of fused-ring (bicyclic) bond motifs is 2. The number of halogens is 1. The number of pyridine rings is 1. The molecule has 2 aromatic heterocycles. The number of nitrogens with one attached hydrogen (secondary N) is 1. The Morgan fingerprint density at radius 2 is 1.85 bits per heavy atom. The van der Waals surface area contributed by atoms with Crippen LogP contribution in [0.4, 0.5) is 0 Å². The summed E-state index contributed by atoms with van der Waals surface area (Å²) in [5.74, 6) is -0.890. The molecule has 5 rings (SSSR count). The lowest BCUT2D eigenvalue weighted by atomic mass is 9.98. The van der Waals surface area contributed by atoms with Crippen molar-refractivity contribution in [2.24, 2.45) is 0 Å². The Morgan fingerprint density at radius 1 is 1.06 bits per heavy atom. The second-order valence-electron chi connectivity index (χ2n) is 8.23. The largest absolute Gasteiger partial charge is 0.478 e. The van der Waals surface area contributed by atoms with E-state index in [1.165, 1.54) is 5.56 Å². The number of aliphatic carboxylic acids is 1. The number of allylic oxidation sites excluding steroid dienone is 1. The number of carbonyl (C=O) groups is 1. The average molecular weight is 499 g/mol. The first-order valence-corrected chi connectivity index (χ1v) is 11.8. The Kier molecular flexibility index (Phi) is 5.73. The molecule has 0 bridgehead atoms. The van der Waals surface area contributed by atoms with Crippen molar-refractivity contribution >= 4 is 38.9 Å². The van der Waals surface area contributed by atoms with E-state index in [1.807, 2.05) is 18.2 Å². The Balaban J connectivity index is 1.50. The number of H-pyrrole nitrogens is 1. The van der Waals surface area contributed by atoms with Gasteiger partial charge in [-0.25, -0.2) is 9.78 Å². The molecule has 1 aliphatic rings. The predicted octanol–water partition coefficient (Wildman–Crippen LogP) is 7.19. The molecule has 33 heavy (non-hydrogen) atoms. The van der Waals surface area contributed by atoms with Crippen LogP contribution in [0.25, 0.3) is 39.5 Å². The van der Waals surface area contributed by atoms with Gasteiger partial charge in [0.2, 0.25) is 0 Å². The average Bonchev–Trinajstić information content (AvgIpc) is 3.01. The van der Waals surface area contributed by atoms with Gasteiger partial charge in [-0.05, 0) is 53.5 Å². The van der Waals surface area contributed by atoms with Crippen LogP contribution in [0, 0.1) is 0 Å². The zero-order valence-electron chi connectivity index (χ0n) is 18.2. The van der Waals surface area contributed by atoms with Gasteiger partial charge in [-0.1, -0.05) is 71.8 Å². The van der Waals surface area contributed by atoms with Gasteiger partial charge in [-0.15, -0.1) is 0 Å². The molecule has 4 aromatic rings. The number of aromatic amines is 1. The molecule has 2 aromatic carbocycles. The number of hydrogen-bond acceptors (Lipinski definition) is 2. The minimum atomic E-state index is -0.890. The molecule has 0 saturated carbocycles. The van der Waals surface area contributed by atoms with Crippen LogP contribution in [0.1, 0.15) is 30.2 Å². The molecular weight excluding hydrogens is 476 g/mol. The van der Waals surface area contributed by atoms with Crippen LogP contribution in [0.2, 0.25) is 0 Å². The Bertz CT molecular complexity index is 1430. The minimum Gasteiger partial charge on any atom is -0.478 e. The van der Waals surface area contributed by atoms with Crippen LogP contribution >= 0.6 is 15.9 Å². The molecule has 0 radical (unpaired) electrons. The van der Waals surface area contributed by atoms with Gasteiger partial charge in [0.05, 0.1) is 16.8 Å². The van der Waals surface area contributed by atoms with E-state index in [4.69, 9.17) is 4.98 Å². The van der Waals surface area contributed by atoms with Gasteiger partial charge in [0.25, 0.3) is 0 Å². The highest BCUT2D eigenvalue weighted by Crippen LogP contribution is 2.34. The molecule has 1 aliphatic carbocycles. The predicted molar refractivity (Wildman–Crippen MR) is 137 cm³/mol. The third-order valence-corrected chi connectivity index (χ3v) is 6.54. The van der Waals surface area contributed by atoms with Crippen molar-refractivity contribution in [1.82, 2.24) is 9.97 Å². The zero-order chi connectivity index (χ0) is 22.9. The van der Waals surface area contributed by atoms with Gasteiger partial charge in [0.1, 0.15) is 0 Å². The van der Waals surface area contributed by atoms with Crippen molar-refractivity contribution in [3.63, 3.8) is 0 Å². The van der Waals surface area contributed by atoms with Crippen LogP contribution in [0.15, 0.2) is 76.8 Å². The number of rotatable bonds is 5. The van der Waals surface area contributed by atoms with Crippen molar-refractivity contribution in [2.45, 2.75) is 26.2 Å². The molecule has 0 fully saturated rings. The summed E-state index contributed by atoms with van der Waals surface area (Å²) in [6, 6.07) is 18.8. The van der Waals surface area contributed by atoms with Crippen molar-refractivity contribution in [2.75, 3.05) is 0 Å². The molecule has 2 N–H and O–H groups in total. The summed E-state index contributed by atoms with van der Waals surface area (Å²) in [6.07, 6.45) is 7.94. The van der Waals surface area contributed by atoms with E-state index in [0.29, 0.717) is 12.0 Å². The summed E-state index contributed by atoms with van der Waals surface area (Å²) in [6.45, 7) is 2.16. The maximum absolute atomic E-state index is 11.4. The molecule has 0 unspecified atom stereocenters.